The highest BCUT2D eigenvalue weighted by atomic mass is 16.5. The second-order valence-electron chi connectivity index (χ2n) is 4.00. The molecule has 0 saturated carbocycles. The minimum Gasteiger partial charge on any atom is -0.478 e. The van der Waals surface area contributed by atoms with Gasteiger partial charge in [-0.2, -0.15) is 0 Å². The van der Waals surface area contributed by atoms with Crippen molar-refractivity contribution in [1.82, 2.24) is 0 Å². The molecule has 0 radical (unpaired) electrons. The summed E-state index contributed by atoms with van der Waals surface area (Å²) in [6.45, 7) is 3.46. The lowest BCUT2D eigenvalue weighted by Gasteiger charge is -2.21. The van der Waals surface area contributed by atoms with E-state index in [1.54, 1.807) is 26.0 Å². The lowest BCUT2D eigenvalue weighted by atomic mass is 9.84. The van der Waals surface area contributed by atoms with E-state index in [-0.39, 0.29) is 11.5 Å². The van der Waals surface area contributed by atoms with E-state index in [2.05, 4.69) is 0 Å². The van der Waals surface area contributed by atoms with Crippen LogP contribution in [0.1, 0.15) is 29.8 Å². The van der Waals surface area contributed by atoms with E-state index in [9.17, 15) is 9.59 Å². The van der Waals surface area contributed by atoms with Crippen molar-refractivity contribution in [2.24, 2.45) is 0 Å². The van der Waals surface area contributed by atoms with Crippen molar-refractivity contribution in [3.63, 3.8) is 0 Å². The maximum atomic E-state index is 11.5. The van der Waals surface area contributed by atoms with E-state index in [1.807, 2.05) is 0 Å². The van der Waals surface area contributed by atoms with Crippen LogP contribution in [0, 0.1) is 0 Å². The predicted molar refractivity (Wildman–Crippen MR) is 58.4 cm³/mol. The van der Waals surface area contributed by atoms with Crippen LogP contribution in [-0.4, -0.2) is 24.2 Å². The van der Waals surface area contributed by atoms with Crippen LogP contribution in [0.2, 0.25) is 0 Å². The van der Waals surface area contributed by atoms with Crippen molar-refractivity contribution in [3.05, 3.63) is 35.4 Å². The summed E-state index contributed by atoms with van der Waals surface area (Å²) in [7, 11) is 1.33. The fourth-order valence-corrected chi connectivity index (χ4v) is 1.40. The maximum absolute atomic E-state index is 11.5. The average molecular weight is 222 g/mol. The summed E-state index contributed by atoms with van der Waals surface area (Å²) >= 11 is 0. The molecule has 4 nitrogen and oxygen atoms in total. The highest BCUT2D eigenvalue weighted by molar-refractivity contribution is 5.88. The van der Waals surface area contributed by atoms with Crippen LogP contribution in [0.15, 0.2) is 24.3 Å². The molecule has 1 rings (SSSR count). The van der Waals surface area contributed by atoms with E-state index in [4.69, 9.17) is 9.84 Å². The van der Waals surface area contributed by atoms with Gasteiger partial charge < -0.3 is 9.84 Å². The quantitative estimate of drug-likeness (QED) is 0.792. The van der Waals surface area contributed by atoms with Gasteiger partial charge in [0.2, 0.25) is 0 Å². The second kappa shape index (κ2) is 4.35. The van der Waals surface area contributed by atoms with Gasteiger partial charge >= 0.3 is 11.9 Å². The average Bonchev–Trinajstić information content (AvgIpc) is 2.28. The van der Waals surface area contributed by atoms with Crippen LogP contribution in [-0.2, 0) is 14.9 Å². The van der Waals surface area contributed by atoms with Crippen LogP contribution in [0.3, 0.4) is 0 Å². The molecule has 1 N–H and O–H groups in total. The lowest BCUT2D eigenvalue weighted by molar-refractivity contribution is -0.146. The Kier molecular flexibility index (Phi) is 3.32. The highest BCUT2D eigenvalue weighted by Gasteiger charge is 2.30. The summed E-state index contributed by atoms with van der Waals surface area (Å²) < 4.78 is 4.69. The Labute approximate surface area is 93.9 Å². The third-order valence-corrected chi connectivity index (χ3v) is 2.55. The molecule has 0 aliphatic carbocycles. The molecule has 0 spiro atoms. The Balaban J connectivity index is 3.06. The number of benzene rings is 1. The molecule has 0 saturated heterocycles. The topological polar surface area (TPSA) is 63.6 Å². The Morgan fingerprint density at radius 1 is 1.19 bits per heavy atom. The third kappa shape index (κ3) is 2.21. The Bertz CT molecular complexity index is 404. The number of aromatic carboxylic acids is 1. The van der Waals surface area contributed by atoms with Gasteiger partial charge in [-0.05, 0) is 31.5 Å². The number of ether oxygens (including phenoxy) is 1. The zero-order valence-corrected chi connectivity index (χ0v) is 9.48. The number of carbonyl (C=O) groups is 2. The standard InChI is InChI=1S/C12H14O4/c1-12(2,11(15)16-3)9-6-4-8(5-7-9)10(13)14/h4-7H,1-3H3,(H,13,14). The number of hydrogen-bond acceptors (Lipinski definition) is 3. The number of carboxylic acid groups (broad SMARTS) is 1. The molecular weight excluding hydrogens is 208 g/mol. The van der Waals surface area contributed by atoms with Gasteiger partial charge in [0, 0.05) is 0 Å². The largest absolute Gasteiger partial charge is 0.478 e. The van der Waals surface area contributed by atoms with Crippen molar-refractivity contribution in [3.8, 4) is 0 Å². The van der Waals surface area contributed by atoms with Gasteiger partial charge in [0.1, 0.15) is 0 Å². The van der Waals surface area contributed by atoms with Crippen molar-refractivity contribution >= 4 is 11.9 Å². The molecule has 0 amide bonds. The zero-order valence-electron chi connectivity index (χ0n) is 9.48. The van der Waals surface area contributed by atoms with Gasteiger partial charge in [-0.25, -0.2) is 4.79 Å². The van der Waals surface area contributed by atoms with Gasteiger partial charge in [-0.15, -0.1) is 0 Å². The number of methoxy groups -OCH3 is 1. The van der Waals surface area contributed by atoms with Gasteiger partial charge in [0.05, 0.1) is 18.1 Å². The van der Waals surface area contributed by atoms with Crippen LogP contribution in [0.25, 0.3) is 0 Å². The molecule has 1 aromatic carbocycles. The summed E-state index contributed by atoms with van der Waals surface area (Å²) in [5.41, 5.74) is 0.153. The zero-order chi connectivity index (χ0) is 12.3. The molecule has 16 heavy (non-hydrogen) atoms. The summed E-state index contributed by atoms with van der Waals surface area (Å²) in [5.74, 6) is -1.34. The first-order chi connectivity index (χ1) is 7.39. The van der Waals surface area contributed by atoms with Gasteiger partial charge in [0.25, 0.3) is 0 Å². The summed E-state index contributed by atoms with van der Waals surface area (Å²) in [5, 5.41) is 8.74. The molecule has 0 aliphatic rings. The van der Waals surface area contributed by atoms with E-state index in [0.29, 0.717) is 0 Å². The monoisotopic (exact) mass is 222 g/mol. The molecular formula is C12H14O4. The van der Waals surface area contributed by atoms with Gasteiger partial charge in [-0.1, -0.05) is 12.1 Å². The highest BCUT2D eigenvalue weighted by Crippen LogP contribution is 2.24. The minimum absolute atomic E-state index is 0.199. The van der Waals surface area contributed by atoms with E-state index >= 15 is 0 Å². The first-order valence-electron chi connectivity index (χ1n) is 4.82. The lowest BCUT2D eigenvalue weighted by Crippen LogP contribution is -2.30. The smallest absolute Gasteiger partial charge is 0.335 e. The minimum atomic E-state index is -0.984. The summed E-state index contributed by atoms with van der Waals surface area (Å²) in [6.07, 6.45) is 0. The molecule has 1 aromatic rings. The fraction of sp³-hybridized carbons (Fsp3) is 0.333. The molecule has 0 atom stereocenters. The van der Waals surface area contributed by atoms with Gasteiger partial charge in [0.15, 0.2) is 0 Å². The first kappa shape index (κ1) is 12.2. The summed E-state index contributed by atoms with van der Waals surface area (Å²) in [6, 6.07) is 6.20. The molecule has 0 aromatic heterocycles. The van der Waals surface area contributed by atoms with Crippen molar-refractivity contribution in [1.29, 1.82) is 0 Å². The molecule has 0 bridgehead atoms. The van der Waals surface area contributed by atoms with Crippen molar-refractivity contribution < 1.29 is 19.4 Å². The van der Waals surface area contributed by atoms with Crippen LogP contribution < -0.4 is 0 Å². The second-order valence-corrected chi connectivity index (χ2v) is 4.00. The van der Waals surface area contributed by atoms with Crippen molar-refractivity contribution in [2.45, 2.75) is 19.3 Å². The molecule has 0 unspecified atom stereocenters. The van der Waals surface area contributed by atoms with Crippen LogP contribution >= 0.6 is 0 Å². The Morgan fingerprint density at radius 3 is 2.06 bits per heavy atom. The molecule has 0 heterocycles. The third-order valence-electron chi connectivity index (χ3n) is 2.55. The van der Waals surface area contributed by atoms with Gasteiger partial charge in [-0.3, -0.25) is 4.79 Å². The first-order valence-corrected chi connectivity index (χ1v) is 4.82. The maximum Gasteiger partial charge on any atom is 0.335 e. The molecule has 0 aliphatic heterocycles. The van der Waals surface area contributed by atoms with Crippen LogP contribution in [0.4, 0.5) is 0 Å². The van der Waals surface area contributed by atoms with Crippen molar-refractivity contribution in [2.75, 3.05) is 7.11 Å². The van der Waals surface area contributed by atoms with E-state index in [0.717, 1.165) is 5.56 Å². The number of hydrogen-bond donors (Lipinski definition) is 1. The van der Waals surface area contributed by atoms with E-state index in [1.165, 1.54) is 19.2 Å². The molecule has 0 fully saturated rings. The molecule has 4 heteroatoms. The molecule has 86 valence electrons. The number of carbonyl (C=O) groups excluding carboxylic acids is 1. The van der Waals surface area contributed by atoms with Crippen LogP contribution in [0.5, 0.6) is 0 Å². The SMILES string of the molecule is COC(=O)C(C)(C)c1ccc(C(=O)O)cc1. The predicted octanol–water partition coefficient (Wildman–Crippen LogP) is 1.84. The Hall–Kier alpha value is -1.84. The van der Waals surface area contributed by atoms with E-state index < -0.39 is 11.4 Å². The number of carboxylic acids is 1. The Morgan fingerprint density at radius 2 is 1.69 bits per heavy atom. The summed E-state index contributed by atoms with van der Waals surface area (Å²) in [4.78, 5) is 22.2. The number of esters is 1. The fourth-order valence-electron chi connectivity index (χ4n) is 1.40. The normalized spacial score (nSPS) is 10.9. The number of rotatable bonds is 3.